The number of rotatable bonds is 7. The topological polar surface area (TPSA) is 90.6 Å². The van der Waals surface area contributed by atoms with E-state index < -0.39 is 8.07 Å². The number of hydrogen-bond donors (Lipinski definition) is 1. The number of H-pyrrole nitrogens is 1. The lowest BCUT2D eigenvalue weighted by Gasteiger charge is -2.15. The van der Waals surface area contributed by atoms with E-state index in [1.54, 1.807) is 16.4 Å². The Morgan fingerprint density at radius 1 is 1.33 bits per heavy atom. The minimum Gasteiger partial charge on any atom is -0.360 e. The smallest absolute Gasteiger partial charge is 0.291 e. The molecule has 0 saturated carbocycles. The van der Waals surface area contributed by atoms with Gasteiger partial charge in [0.1, 0.15) is 17.9 Å². The summed E-state index contributed by atoms with van der Waals surface area (Å²) in [5.41, 5.74) is 3.62. The number of aromatic nitrogens is 6. The van der Waals surface area contributed by atoms with Crippen LogP contribution in [0.2, 0.25) is 25.7 Å². The summed E-state index contributed by atoms with van der Waals surface area (Å²) < 4.78 is 9.83. The summed E-state index contributed by atoms with van der Waals surface area (Å²) in [5.74, 6) is 0. The molecule has 142 valence electrons. The van der Waals surface area contributed by atoms with Crippen LogP contribution in [0.1, 0.15) is 5.69 Å². The zero-order valence-electron chi connectivity index (χ0n) is 15.6. The maximum absolute atomic E-state index is 12.7. The molecule has 0 saturated heterocycles. The molecule has 4 aromatic heterocycles. The Labute approximate surface area is 160 Å². The summed E-state index contributed by atoms with van der Waals surface area (Å²) in [6.45, 7) is 8.47. The predicted octanol–water partition coefficient (Wildman–Crippen LogP) is 2.89. The summed E-state index contributed by atoms with van der Waals surface area (Å²) in [4.78, 5) is 20.0. The molecule has 4 rings (SSSR count). The molecule has 0 aliphatic carbocycles. The lowest BCUT2D eigenvalue weighted by atomic mass is 10.3. The Morgan fingerprint density at radius 2 is 2.19 bits per heavy atom. The highest BCUT2D eigenvalue weighted by atomic mass is 32.1. The van der Waals surface area contributed by atoms with E-state index in [0.29, 0.717) is 18.8 Å². The van der Waals surface area contributed by atoms with Crippen LogP contribution in [0.15, 0.2) is 28.8 Å². The number of nitrogens with zero attached hydrogens (tertiary/aromatic N) is 5. The van der Waals surface area contributed by atoms with Gasteiger partial charge in [-0.15, -0.1) is 11.3 Å². The molecule has 1 N–H and O–H groups in total. The van der Waals surface area contributed by atoms with Gasteiger partial charge in [-0.05, 0) is 12.1 Å². The average molecular weight is 403 g/mol. The molecule has 0 spiro atoms. The van der Waals surface area contributed by atoms with Crippen LogP contribution in [-0.4, -0.2) is 44.2 Å². The number of thiazole rings is 1. The lowest BCUT2D eigenvalue weighted by molar-refractivity contribution is 0.0782. The van der Waals surface area contributed by atoms with Crippen molar-refractivity contribution >= 4 is 40.7 Å². The molecule has 4 heterocycles. The van der Waals surface area contributed by atoms with E-state index in [2.05, 4.69) is 39.8 Å². The monoisotopic (exact) mass is 402 g/mol. The van der Waals surface area contributed by atoms with Gasteiger partial charge in [0.25, 0.3) is 5.56 Å². The van der Waals surface area contributed by atoms with E-state index >= 15 is 0 Å². The minimum atomic E-state index is -1.09. The SMILES string of the molecule is C[Si](C)(C)CCOCn1ccc(Cn2ncc3c([nH]c4ncsc43)c2=O)n1. The Bertz CT molecular complexity index is 1140. The number of nitrogens with one attached hydrogen (secondary N) is 1. The number of hydrogen-bond acceptors (Lipinski definition) is 6. The molecule has 4 aromatic rings. The molecule has 0 unspecified atom stereocenters. The van der Waals surface area contributed by atoms with Crippen molar-refractivity contribution in [3.05, 3.63) is 40.0 Å². The maximum atomic E-state index is 12.7. The van der Waals surface area contributed by atoms with Crippen LogP contribution >= 0.6 is 11.3 Å². The van der Waals surface area contributed by atoms with Gasteiger partial charge in [0, 0.05) is 26.3 Å². The highest BCUT2D eigenvalue weighted by Gasteiger charge is 2.14. The van der Waals surface area contributed by atoms with Crippen molar-refractivity contribution in [1.82, 2.24) is 29.5 Å². The van der Waals surface area contributed by atoms with Gasteiger partial charge >= 0.3 is 0 Å². The summed E-state index contributed by atoms with van der Waals surface area (Å²) in [7, 11) is -1.09. The van der Waals surface area contributed by atoms with E-state index in [1.165, 1.54) is 16.0 Å². The number of ether oxygens (including phenoxy) is 1. The van der Waals surface area contributed by atoms with Crippen molar-refractivity contribution in [3.8, 4) is 0 Å². The quantitative estimate of drug-likeness (QED) is 0.379. The Kier molecular flexibility index (Phi) is 4.70. The second-order valence-corrected chi connectivity index (χ2v) is 14.2. The molecule has 0 bridgehead atoms. The summed E-state index contributed by atoms with van der Waals surface area (Å²) >= 11 is 1.50. The fraction of sp³-hybridized carbons (Fsp3) is 0.412. The zero-order chi connectivity index (χ0) is 19.0. The van der Waals surface area contributed by atoms with Crippen molar-refractivity contribution in [2.45, 2.75) is 39.0 Å². The van der Waals surface area contributed by atoms with Crippen LogP contribution in [-0.2, 0) is 18.0 Å². The van der Waals surface area contributed by atoms with Crippen LogP contribution < -0.4 is 5.56 Å². The van der Waals surface area contributed by atoms with Crippen molar-refractivity contribution in [3.63, 3.8) is 0 Å². The first kappa shape index (κ1) is 18.1. The van der Waals surface area contributed by atoms with E-state index in [9.17, 15) is 4.79 Å². The van der Waals surface area contributed by atoms with Crippen LogP contribution in [0, 0.1) is 0 Å². The molecule has 0 atom stereocenters. The van der Waals surface area contributed by atoms with Crippen molar-refractivity contribution < 1.29 is 4.74 Å². The second kappa shape index (κ2) is 7.02. The van der Waals surface area contributed by atoms with Gasteiger partial charge in [0.2, 0.25) is 0 Å². The van der Waals surface area contributed by atoms with Gasteiger partial charge in [-0.3, -0.25) is 4.79 Å². The Balaban J connectivity index is 1.46. The first-order chi connectivity index (χ1) is 12.9. The van der Waals surface area contributed by atoms with Gasteiger partial charge < -0.3 is 9.72 Å². The van der Waals surface area contributed by atoms with Crippen molar-refractivity contribution in [1.29, 1.82) is 0 Å². The largest absolute Gasteiger partial charge is 0.360 e. The van der Waals surface area contributed by atoms with Gasteiger partial charge in [-0.1, -0.05) is 19.6 Å². The van der Waals surface area contributed by atoms with Crippen LogP contribution in [0.25, 0.3) is 21.3 Å². The van der Waals surface area contributed by atoms with Crippen LogP contribution in [0.4, 0.5) is 0 Å². The second-order valence-electron chi connectivity index (χ2n) is 7.75. The Hall–Kier alpha value is -2.30. The van der Waals surface area contributed by atoms with Crippen molar-refractivity contribution in [2.75, 3.05) is 6.61 Å². The number of aromatic amines is 1. The summed E-state index contributed by atoms with van der Waals surface area (Å²) in [6.07, 6.45) is 3.58. The molecule has 0 aromatic carbocycles. The van der Waals surface area contributed by atoms with Gasteiger partial charge in [0.15, 0.2) is 0 Å². The molecule has 0 aliphatic heterocycles. The van der Waals surface area contributed by atoms with Gasteiger partial charge in [-0.25, -0.2) is 14.3 Å². The average Bonchev–Trinajstić information content (AvgIpc) is 3.30. The molecule has 8 nitrogen and oxygen atoms in total. The first-order valence-corrected chi connectivity index (χ1v) is 13.4. The van der Waals surface area contributed by atoms with Crippen molar-refractivity contribution in [2.24, 2.45) is 0 Å². The molecular weight excluding hydrogens is 380 g/mol. The van der Waals surface area contributed by atoms with E-state index in [0.717, 1.165) is 34.1 Å². The molecule has 0 aliphatic rings. The Morgan fingerprint density at radius 3 is 3.00 bits per heavy atom. The fourth-order valence-electron chi connectivity index (χ4n) is 2.79. The molecule has 10 heteroatoms. The standard InChI is InChI=1S/C17H22N6O2SSi/c1-27(2,3)7-6-25-11-22-5-4-12(21-22)9-23-17(24)14-13(8-19-23)15-16(20-14)18-10-26-15/h4-5,8,10,20H,6-7,9,11H2,1-3H3. The third-order valence-corrected chi connectivity index (χ3v) is 6.89. The van der Waals surface area contributed by atoms with E-state index in [4.69, 9.17) is 4.74 Å². The molecule has 0 amide bonds. The fourth-order valence-corrected chi connectivity index (χ4v) is 4.31. The highest BCUT2D eigenvalue weighted by Crippen LogP contribution is 2.25. The van der Waals surface area contributed by atoms with E-state index in [1.807, 2.05) is 12.3 Å². The van der Waals surface area contributed by atoms with Crippen LogP contribution in [0.3, 0.4) is 0 Å². The first-order valence-electron chi connectivity index (χ1n) is 8.82. The maximum Gasteiger partial charge on any atom is 0.291 e. The molecule has 0 radical (unpaired) electrons. The normalized spacial score (nSPS) is 12.4. The molecule has 27 heavy (non-hydrogen) atoms. The predicted molar refractivity (Wildman–Crippen MR) is 109 cm³/mol. The lowest BCUT2D eigenvalue weighted by Crippen LogP contribution is -2.23. The third kappa shape index (κ3) is 3.87. The summed E-state index contributed by atoms with van der Waals surface area (Å²) in [6, 6.07) is 3.01. The number of fused-ring (bicyclic) bond motifs is 3. The molecule has 0 fully saturated rings. The van der Waals surface area contributed by atoms with Gasteiger partial charge in [-0.2, -0.15) is 10.2 Å². The third-order valence-electron chi connectivity index (χ3n) is 4.33. The minimum absolute atomic E-state index is 0.168. The van der Waals surface area contributed by atoms with E-state index in [-0.39, 0.29) is 5.56 Å². The zero-order valence-corrected chi connectivity index (χ0v) is 17.4. The highest BCUT2D eigenvalue weighted by molar-refractivity contribution is 7.17. The van der Waals surface area contributed by atoms with Crippen LogP contribution in [0.5, 0.6) is 0 Å². The summed E-state index contributed by atoms with van der Waals surface area (Å²) in [5, 5.41) is 9.59. The van der Waals surface area contributed by atoms with Gasteiger partial charge in [0.05, 0.1) is 28.6 Å². The molecular formula is C17H22N6O2SSi.